The number of amides is 1. The summed E-state index contributed by atoms with van der Waals surface area (Å²) in [6.07, 6.45) is 6.00. The number of carbonyl (C=O) groups excluding carboxylic acids is 1. The van der Waals surface area contributed by atoms with E-state index in [-0.39, 0.29) is 11.9 Å². The van der Waals surface area contributed by atoms with Crippen LogP contribution in [0.25, 0.3) is 0 Å². The molecule has 27 heavy (non-hydrogen) atoms. The van der Waals surface area contributed by atoms with Gasteiger partial charge in [-0.15, -0.1) is 0 Å². The van der Waals surface area contributed by atoms with E-state index in [1.165, 1.54) is 31.2 Å². The SMILES string of the molecule is COc1cc(CCC(=O)NC(c2ccccc2)C2CCCC2)cc(OC)c1. The lowest BCUT2D eigenvalue weighted by atomic mass is 9.91. The summed E-state index contributed by atoms with van der Waals surface area (Å²) in [7, 11) is 3.27. The van der Waals surface area contributed by atoms with Crippen LogP contribution in [0.2, 0.25) is 0 Å². The van der Waals surface area contributed by atoms with Gasteiger partial charge in [-0.1, -0.05) is 43.2 Å². The van der Waals surface area contributed by atoms with Crippen LogP contribution in [-0.2, 0) is 11.2 Å². The van der Waals surface area contributed by atoms with Crippen LogP contribution in [-0.4, -0.2) is 20.1 Å². The number of hydrogen-bond donors (Lipinski definition) is 1. The van der Waals surface area contributed by atoms with Gasteiger partial charge in [-0.3, -0.25) is 4.79 Å². The molecule has 4 heteroatoms. The first-order chi connectivity index (χ1) is 13.2. The minimum atomic E-state index is 0.0949. The van der Waals surface area contributed by atoms with Crippen molar-refractivity contribution in [3.8, 4) is 11.5 Å². The van der Waals surface area contributed by atoms with Crippen molar-refractivity contribution in [2.24, 2.45) is 5.92 Å². The maximum Gasteiger partial charge on any atom is 0.220 e. The zero-order chi connectivity index (χ0) is 19.1. The molecule has 0 aliphatic heterocycles. The molecule has 2 aromatic rings. The van der Waals surface area contributed by atoms with Crippen LogP contribution >= 0.6 is 0 Å². The summed E-state index contributed by atoms with van der Waals surface area (Å²) in [6.45, 7) is 0. The van der Waals surface area contributed by atoms with E-state index in [4.69, 9.17) is 9.47 Å². The van der Waals surface area contributed by atoms with Gasteiger partial charge in [0.2, 0.25) is 5.91 Å². The van der Waals surface area contributed by atoms with Gasteiger partial charge in [0.1, 0.15) is 11.5 Å². The van der Waals surface area contributed by atoms with E-state index in [1.54, 1.807) is 14.2 Å². The molecule has 1 N–H and O–H groups in total. The first kappa shape index (κ1) is 19.3. The first-order valence-corrected chi connectivity index (χ1v) is 9.76. The molecule has 1 aliphatic rings. The average Bonchev–Trinajstić information content (AvgIpc) is 3.25. The average molecular weight is 367 g/mol. The lowest BCUT2D eigenvalue weighted by Crippen LogP contribution is -2.32. The quantitative estimate of drug-likeness (QED) is 0.737. The van der Waals surface area contributed by atoms with E-state index in [9.17, 15) is 4.79 Å². The van der Waals surface area contributed by atoms with Gasteiger partial charge in [0.25, 0.3) is 0 Å². The monoisotopic (exact) mass is 367 g/mol. The number of aryl methyl sites for hydroxylation is 1. The maximum absolute atomic E-state index is 12.7. The van der Waals surface area contributed by atoms with Crippen LogP contribution in [0.5, 0.6) is 11.5 Å². The van der Waals surface area contributed by atoms with Gasteiger partial charge in [0.15, 0.2) is 0 Å². The molecule has 3 rings (SSSR count). The third kappa shape index (κ3) is 5.25. The highest BCUT2D eigenvalue weighted by atomic mass is 16.5. The van der Waals surface area contributed by atoms with E-state index in [2.05, 4.69) is 17.4 Å². The number of ether oxygens (including phenoxy) is 2. The van der Waals surface area contributed by atoms with Crippen molar-refractivity contribution in [1.82, 2.24) is 5.32 Å². The Bertz CT molecular complexity index is 716. The van der Waals surface area contributed by atoms with Crippen molar-refractivity contribution < 1.29 is 14.3 Å². The Hall–Kier alpha value is -2.49. The smallest absolute Gasteiger partial charge is 0.220 e. The van der Waals surface area contributed by atoms with Crippen LogP contribution in [0.3, 0.4) is 0 Å². The highest BCUT2D eigenvalue weighted by Gasteiger charge is 2.27. The van der Waals surface area contributed by atoms with E-state index in [0.29, 0.717) is 18.8 Å². The van der Waals surface area contributed by atoms with Crippen LogP contribution < -0.4 is 14.8 Å². The van der Waals surface area contributed by atoms with Gasteiger partial charge in [-0.05, 0) is 48.4 Å². The van der Waals surface area contributed by atoms with E-state index < -0.39 is 0 Å². The Labute approximate surface area is 161 Å². The van der Waals surface area contributed by atoms with Crippen molar-refractivity contribution in [3.63, 3.8) is 0 Å². The molecule has 0 heterocycles. The largest absolute Gasteiger partial charge is 0.497 e. The second-order valence-electron chi connectivity index (χ2n) is 7.22. The van der Waals surface area contributed by atoms with Gasteiger partial charge in [0, 0.05) is 12.5 Å². The fraction of sp³-hybridized carbons (Fsp3) is 0.435. The molecule has 4 nitrogen and oxygen atoms in total. The fourth-order valence-electron chi connectivity index (χ4n) is 3.94. The highest BCUT2D eigenvalue weighted by Crippen LogP contribution is 2.35. The molecule has 1 atom stereocenters. The molecule has 1 fully saturated rings. The van der Waals surface area contributed by atoms with Gasteiger partial charge in [-0.25, -0.2) is 0 Å². The zero-order valence-electron chi connectivity index (χ0n) is 16.2. The molecule has 0 saturated heterocycles. The summed E-state index contributed by atoms with van der Waals surface area (Å²) >= 11 is 0. The van der Waals surface area contributed by atoms with Crippen molar-refractivity contribution >= 4 is 5.91 Å². The molecule has 0 radical (unpaired) electrons. The standard InChI is InChI=1S/C23H29NO3/c1-26-20-14-17(15-21(16-20)27-2)12-13-22(25)24-23(19-10-6-7-11-19)18-8-4-3-5-9-18/h3-5,8-9,14-16,19,23H,6-7,10-13H2,1-2H3,(H,24,25). The molecule has 1 aliphatic carbocycles. The zero-order valence-corrected chi connectivity index (χ0v) is 16.2. The Kier molecular flexibility index (Phi) is 6.74. The second-order valence-corrected chi connectivity index (χ2v) is 7.22. The molecular formula is C23H29NO3. The summed E-state index contributed by atoms with van der Waals surface area (Å²) in [5, 5.41) is 3.30. The summed E-state index contributed by atoms with van der Waals surface area (Å²) in [5.41, 5.74) is 2.25. The van der Waals surface area contributed by atoms with Gasteiger partial charge in [0.05, 0.1) is 20.3 Å². The predicted octanol–water partition coefficient (Wildman–Crippen LogP) is 4.68. The lowest BCUT2D eigenvalue weighted by molar-refractivity contribution is -0.122. The normalized spacial score (nSPS) is 15.3. The third-order valence-corrected chi connectivity index (χ3v) is 5.40. The van der Waals surface area contributed by atoms with E-state index in [0.717, 1.165) is 17.1 Å². The highest BCUT2D eigenvalue weighted by molar-refractivity contribution is 5.76. The van der Waals surface area contributed by atoms with Gasteiger partial charge in [-0.2, -0.15) is 0 Å². The Morgan fingerprint density at radius 3 is 2.26 bits per heavy atom. The molecule has 1 saturated carbocycles. The van der Waals surface area contributed by atoms with Crippen LogP contribution in [0.15, 0.2) is 48.5 Å². The van der Waals surface area contributed by atoms with E-state index in [1.807, 2.05) is 36.4 Å². The topological polar surface area (TPSA) is 47.6 Å². The Morgan fingerprint density at radius 2 is 1.67 bits per heavy atom. The van der Waals surface area contributed by atoms with Crippen LogP contribution in [0, 0.1) is 5.92 Å². The second kappa shape index (κ2) is 9.45. The number of hydrogen-bond acceptors (Lipinski definition) is 3. The number of nitrogens with one attached hydrogen (secondary N) is 1. The molecular weight excluding hydrogens is 338 g/mol. The molecule has 144 valence electrons. The molecule has 1 amide bonds. The van der Waals surface area contributed by atoms with Crippen LogP contribution in [0.1, 0.15) is 49.3 Å². The summed E-state index contributed by atoms with van der Waals surface area (Å²) < 4.78 is 10.6. The maximum atomic E-state index is 12.7. The lowest BCUT2D eigenvalue weighted by Gasteiger charge is -2.25. The van der Waals surface area contributed by atoms with Gasteiger partial charge < -0.3 is 14.8 Å². The third-order valence-electron chi connectivity index (χ3n) is 5.40. The summed E-state index contributed by atoms with van der Waals surface area (Å²) in [6, 6.07) is 16.2. The molecule has 1 unspecified atom stereocenters. The minimum Gasteiger partial charge on any atom is -0.497 e. The predicted molar refractivity (Wildman–Crippen MR) is 107 cm³/mol. The number of methoxy groups -OCH3 is 2. The number of carbonyl (C=O) groups is 1. The minimum absolute atomic E-state index is 0.0949. The first-order valence-electron chi connectivity index (χ1n) is 9.76. The fourth-order valence-corrected chi connectivity index (χ4v) is 3.94. The van der Waals surface area contributed by atoms with E-state index >= 15 is 0 Å². The Balaban J connectivity index is 1.64. The van der Waals surface area contributed by atoms with Crippen LogP contribution in [0.4, 0.5) is 0 Å². The summed E-state index contributed by atoms with van der Waals surface area (Å²) in [4.78, 5) is 12.7. The Morgan fingerprint density at radius 1 is 1.04 bits per heavy atom. The molecule has 2 aromatic carbocycles. The van der Waals surface area contributed by atoms with Crippen molar-refractivity contribution in [2.45, 2.75) is 44.6 Å². The van der Waals surface area contributed by atoms with Gasteiger partial charge >= 0.3 is 0 Å². The van der Waals surface area contributed by atoms with Crippen molar-refractivity contribution in [1.29, 1.82) is 0 Å². The molecule has 0 spiro atoms. The molecule has 0 bridgehead atoms. The van der Waals surface area contributed by atoms with Crippen molar-refractivity contribution in [3.05, 3.63) is 59.7 Å². The summed E-state index contributed by atoms with van der Waals surface area (Å²) in [5.74, 6) is 2.13. The molecule has 0 aromatic heterocycles. The van der Waals surface area contributed by atoms with Crippen molar-refractivity contribution in [2.75, 3.05) is 14.2 Å². The number of benzene rings is 2. The number of rotatable bonds is 8.